The molecule has 1 aromatic carbocycles. The van der Waals surface area contributed by atoms with Gasteiger partial charge in [-0.05, 0) is 25.6 Å². The number of nitrogens with zero attached hydrogens (tertiary/aromatic N) is 1. The van der Waals surface area contributed by atoms with Crippen LogP contribution in [0.3, 0.4) is 0 Å². The monoisotopic (exact) mass is 273 g/mol. The van der Waals surface area contributed by atoms with Crippen LogP contribution in [0.15, 0.2) is 12.1 Å². The Morgan fingerprint density at radius 2 is 2.11 bits per heavy atom. The molecule has 0 aliphatic heterocycles. The maximum atomic E-state index is 13.7. The van der Waals surface area contributed by atoms with E-state index in [1.54, 1.807) is 14.0 Å². The molecule has 1 aromatic rings. The van der Waals surface area contributed by atoms with Gasteiger partial charge in [-0.3, -0.25) is 9.69 Å². The van der Waals surface area contributed by atoms with E-state index in [1.807, 2.05) is 0 Å². The van der Waals surface area contributed by atoms with Gasteiger partial charge in [-0.15, -0.1) is 0 Å². The standard InChI is InChI=1S/C13H17F2NO3/c1-4-10(13(17)18)16(2)7-8-11(19-3)6-5-9(14)12(8)15/h5-6,10H,4,7H2,1-3H3,(H,17,18)/t10-/m0/s1. The van der Waals surface area contributed by atoms with Gasteiger partial charge in [-0.25, -0.2) is 8.78 Å². The number of methoxy groups -OCH3 is 1. The van der Waals surface area contributed by atoms with Crippen molar-refractivity contribution in [2.45, 2.75) is 25.9 Å². The molecule has 106 valence electrons. The number of ether oxygens (including phenoxy) is 1. The second kappa shape index (κ2) is 6.47. The van der Waals surface area contributed by atoms with Crippen LogP contribution in [0.25, 0.3) is 0 Å². The van der Waals surface area contributed by atoms with Crippen molar-refractivity contribution >= 4 is 5.97 Å². The maximum absolute atomic E-state index is 13.7. The van der Waals surface area contributed by atoms with E-state index in [0.717, 1.165) is 6.07 Å². The third-order valence-electron chi connectivity index (χ3n) is 2.98. The Bertz CT molecular complexity index is 465. The number of likely N-dealkylation sites (N-methyl/N-ethyl adjacent to an activating group) is 1. The quantitative estimate of drug-likeness (QED) is 0.863. The summed E-state index contributed by atoms with van der Waals surface area (Å²) in [5.41, 5.74) is 0.0182. The van der Waals surface area contributed by atoms with Gasteiger partial charge in [0.2, 0.25) is 0 Å². The second-order valence-corrected chi connectivity index (χ2v) is 4.22. The zero-order valence-corrected chi connectivity index (χ0v) is 11.1. The van der Waals surface area contributed by atoms with E-state index >= 15 is 0 Å². The molecule has 0 aliphatic rings. The SMILES string of the molecule is CC[C@@H](C(=O)O)N(C)Cc1c(OC)ccc(F)c1F. The Kier molecular flexibility index (Phi) is 5.23. The summed E-state index contributed by atoms with van der Waals surface area (Å²) in [5, 5.41) is 9.03. The molecule has 0 aliphatic carbocycles. The van der Waals surface area contributed by atoms with Crippen LogP contribution in [0.5, 0.6) is 5.75 Å². The molecular formula is C13H17F2NO3. The summed E-state index contributed by atoms with van der Waals surface area (Å²) in [5.74, 6) is -2.79. The van der Waals surface area contributed by atoms with Crippen molar-refractivity contribution in [2.75, 3.05) is 14.2 Å². The molecule has 4 nitrogen and oxygen atoms in total. The molecule has 0 fully saturated rings. The van der Waals surface area contributed by atoms with Crippen LogP contribution in [0.1, 0.15) is 18.9 Å². The molecule has 0 amide bonds. The highest BCUT2D eigenvalue weighted by molar-refractivity contribution is 5.73. The lowest BCUT2D eigenvalue weighted by Gasteiger charge is -2.24. The van der Waals surface area contributed by atoms with Gasteiger partial charge in [-0.1, -0.05) is 6.92 Å². The molecule has 0 unspecified atom stereocenters. The van der Waals surface area contributed by atoms with E-state index in [-0.39, 0.29) is 17.9 Å². The molecule has 1 N–H and O–H groups in total. The topological polar surface area (TPSA) is 49.8 Å². The molecule has 19 heavy (non-hydrogen) atoms. The summed E-state index contributed by atoms with van der Waals surface area (Å²) in [7, 11) is 2.90. The molecule has 0 heterocycles. The van der Waals surface area contributed by atoms with Gasteiger partial charge >= 0.3 is 5.97 Å². The summed E-state index contributed by atoms with van der Waals surface area (Å²) in [4.78, 5) is 12.5. The van der Waals surface area contributed by atoms with Crippen molar-refractivity contribution in [3.05, 3.63) is 29.3 Å². The van der Waals surface area contributed by atoms with Crippen molar-refractivity contribution in [3.8, 4) is 5.75 Å². The average Bonchev–Trinajstić information content (AvgIpc) is 2.35. The lowest BCUT2D eigenvalue weighted by Crippen LogP contribution is -2.37. The van der Waals surface area contributed by atoms with E-state index in [0.29, 0.717) is 6.42 Å². The Balaban J connectivity index is 3.04. The molecule has 1 atom stereocenters. The number of carboxylic acid groups (broad SMARTS) is 1. The molecule has 1 rings (SSSR count). The third kappa shape index (κ3) is 3.41. The average molecular weight is 273 g/mol. The number of carbonyl (C=O) groups is 1. The summed E-state index contributed by atoms with van der Waals surface area (Å²) in [6, 6.07) is 1.54. The van der Waals surface area contributed by atoms with E-state index in [2.05, 4.69) is 0 Å². The fraction of sp³-hybridized carbons (Fsp3) is 0.462. The highest BCUT2D eigenvalue weighted by atomic mass is 19.2. The highest BCUT2D eigenvalue weighted by Gasteiger charge is 2.23. The molecule has 0 saturated heterocycles. The van der Waals surface area contributed by atoms with Crippen molar-refractivity contribution in [1.29, 1.82) is 0 Å². The summed E-state index contributed by atoms with van der Waals surface area (Å²) >= 11 is 0. The van der Waals surface area contributed by atoms with Gasteiger partial charge < -0.3 is 9.84 Å². The fourth-order valence-electron chi connectivity index (χ4n) is 1.95. The zero-order chi connectivity index (χ0) is 14.6. The predicted octanol–water partition coefficient (Wildman–Crippen LogP) is 2.27. The number of rotatable bonds is 6. The minimum Gasteiger partial charge on any atom is -0.496 e. The largest absolute Gasteiger partial charge is 0.496 e. The van der Waals surface area contributed by atoms with Gasteiger partial charge in [0.25, 0.3) is 0 Å². The minimum absolute atomic E-state index is 0.0182. The van der Waals surface area contributed by atoms with Crippen molar-refractivity contribution in [1.82, 2.24) is 4.90 Å². The molecule has 0 bridgehead atoms. The van der Waals surface area contributed by atoms with Gasteiger partial charge in [0.05, 0.1) is 7.11 Å². The maximum Gasteiger partial charge on any atom is 0.320 e. The van der Waals surface area contributed by atoms with Gasteiger partial charge in [0.15, 0.2) is 11.6 Å². The first-order chi connectivity index (χ1) is 8.92. The van der Waals surface area contributed by atoms with Crippen molar-refractivity contribution < 1.29 is 23.4 Å². The fourth-order valence-corrected chi connectivity index (χ4v) is 1.95. The van der Waals surface area contributed by atoms with Gasteiger partial charge in [0.1, 0.15) is 11.8 Å². The van der Waals surface area contributed by atoms with Crippen LogP contribution in [0, 0.1) is 11.6 Å². The van der Waals surface area contributed by atoms with Gasteiger partial charge in [0, 0.05) is 12.1 Å². The molecule has 0 spiro atoms. The first-order valence-electron chi connectivity index (χ1n) is 5.86. The number of aliphatic carboxylic acids is 1. The number of benzene rings is 1. The van der Waals surface area contributed by atoms with Gasteiger partial charge in [-0.2, -0.15) is 0 Å². The van der Waals surface area contributed by atoms with Crippen LogP contribution in [0.2, 0.25) is 0 Å². The van der Waals surface area contributed by atoms with Crippen LogP contribution in [-0.4, -0.2) is 36.2 Å². The van der Waals surface area contributed by atoms with Crippen LogP contribution in [-0.2, 0) is 11.3 Å². The van der Waals surface area contributed by atoms with E-state index in [4.69, 9.17) is 9.84 Å². The molecule has 6 heteroatoms. The number of halogens is 2. The predicted molar refractivity (Wildman–Crippen MR) is 66.1 cm³/mol. The van der Waals surface area contributed by atoms with E-state index in [9.17, 15) is 13.6 Å². The number of hydrogen-bond acceptors (Lipinski definition) is 3. The summed E-state index contributed by atoms with van der Waals surface area (Å²) in [6.45, 7) is 1.67. The minimum atomic E-state index is -1.01. The highest BCUT2D eigenvalue weighted by Crippen LogP contribution is 2.25. The first-order valence-corrected chi connectivity index (χ1v) is 5.86. The Morgan fingerprint density at radius 3 is 2.58 bits per heavy atom. The van der Waals surface area contributed by atoms with Crippen LogP contribution in [0.4, 0.5) is 8.78 Å². The molecule has 0 aromatic heterocycles. The van der Waals surface area contributed by atoms with E-state index in [1.165, 1.54) is 18.1 Å². The molecular weight excluding hydrogens is 256 g/mol. The summed E-state index contributed by atoms with van der Waals surface area (Å²) < 4.78 is 31.9. The van der Waals surface area contributed by atoms with E-state index < -0.39 is 23.6 Å². The molecule has 0 radical (unpaired) electrons. The van der Waals surface area contributed by atoms with Crippen molar-refractivity contribution in [2.24, 2.45) is 0 Å². The first kappa shape index (κ1) is 15.4. The normalized spacial score (nSPS) is 12.5. The Hall–Kier alpha value is -1.69. The lowest BCUT2D eigenvalue weighted by atomic mass is 10.1. The van der Waals surface area contributed by atoms with Crippen molar-refractivity contribution in [3.63, 3.8) is 0 Å². The smallest absolute Gasteiger partial charge is 0.320 e. The molecule has 0 saturated carbocycles. The third-order valence-corrected chi connectivity index (χ3v) is 2.98. The van der Waals surface area contributed by atoms with Crippen LogP contribution < -0.4 is 4.74 Å². The number of carboxylic acids is 1. The summed E-state index contributed by atoms with van der Waals surface area (Å²) in [6.07, 6.45) is 0.366. The van der Waals surface area contributed by atoms with Crippen LogP contribution >= 0.6 is 0 Å². The Labute approximate surface area is 110 Å². The zero-order valence-electron chi connectivity index (χ0n) is 11.1. The number of hydrogen-bond donors (Lipinski definition) is 1. The lowest BCUT2D eigenvalue weighted by molar-refractivity contribution is -0.143. The Morgan fingerprint density at radius 1 is 1.47 bits per heavy atom. The second-order valence-electron chi connectivity index (χ2n) is 4.22.